The van der Waals surface area contributed by atoms with E-state index in [0.717, 1.165) is 31.0 Å². The summed E-state index contributed by atoms with van der Waals surface area (Å²) in [5, 5.41) is 30.2. The van der Waals surface area contributed by atoms with E-state index >= 15 is 0 Å². The zero-order valence-corrected chi connectivity index (χ0v) is 19.2. The Morgan fingerprint density at radius 2 is 1.57 bits per heavy atom. The molecule has 1 aromatic rings. The van der Waals surface area contributed by atoms with Crippen LogP contribution in [0, 0.1) is 5.92 Å². The third kappa shape index (κ3) is 6.93. The van der Waals surface area contributed by atoms with E-state index in [1.54, 1.807) is 0 Å². The summed E-state index contributed by atoms with van der Waals surface area (Å²) in [7, 11) is -0.425. The van der Waals surface area contributed by atoms with Crippen molar-refractivity contribution in [1.29, 1.82) is 0 Å². The van der Waals surface area contributed by atoms with Crippen LogP contribution in [-0.4, -0.2) is 61.8 Å². The second-order valence-electron chi connectivity index (χ2n) is 7.72. The van der Waals surface area contributed by atoms with Gasteiger partial charge in [0.25, 0.3) is 0 Å². The van der Waals surface area contributed by atoms with Crippen molar-refractivity contribution in [2.45, 2.75) is 83.1 Å². The van der Waals surface area contributed by atoms with Gasteiger partial charge in [-0.15, -0.1) is 0 Å². The van der Waals surface area contributed by atoms with Crippen LogP contribution < -0.4 is 0 Å². The van der Waals surface area contributed by atoms with Gasteiger partial charge >= 0.3 is 0 Å². The highest BCUT2D eigenvalue weighted by atomic mass is 28.4. The fourth-order valence-corrected chi connectivity index (χ4v) is 6.83. The van der Waals surface area contributed by atoms with Gasteiger partial charge in [-0.2, -0.15) is 0 Å². The number of aliphatic hydroxyl groups is 3. The van der Waals surface area contributed by atoms with Crippen LogP contribution in [0.5, 0.6) is 0 Å². The molecule has 1 rings (SSSR count). The molecule has 0 aliphatic rings. The summed E-state index contributed by atoms with van der Waals surface area (Å²) < 4.78 is 12.1. The van der Waals surface area contributed by atoms with Crippen LogP contribution in [0.2, 0.25) is 18.1 Å². The first-order valence-corrected chi connectivity index (χ1v) is 13.1. The predicted molar refractivity (Wildman–Crippen MR) is 116 cm³/mol. The van der Waals surface area contributed by atoms with Gasteiger partial charge in [-0.3, -0.25) is 0 Å². The Labute approximate surface area is 171 Å². The van der Waals surface area contributed by atoms with Gasteiger partial charge in [-0.1, -0.05) is 58.0 Å². The first kappa shape index (κ1) is 25.3. The molecule has 5 nitrogen and oxygen atoms in total. The molecule has 0 bridgehead atoms. The average molecular weight is 413 g/mol. The number of ether oxygens (including phenoxy) is 1. The highest BCUT2D eigenvalue weighted by Gasteiger charge is 2.39. The average Bonchev–Trinajstić information content (AvgIpc) is 2.75. The molecule has 0 aliphatic carbocycles. The van der Waals surface area contributed by atoms with Gasteiger partial charge in [-0.25, -0.2) is 0 Å². The summed E-state index contributed by atoms with van der Waals surface area (Å²) >= 11 is 0. The van der Waals surface area contributed by atoms with Gasteiger partial charge in [0.05, 0.1) is 18.8 Å². The Hall–Kier alpha value is -0.763. The monoisotopic (exact) mass is 412 g/mol. The van der Waals surface area contributed by atoms with Crippen molar-refractivity contribution in [3.05, 3.63) is 35.9 Å². The first-order chi connectivity index (χ1) is 13.4. The summed E-state index contributed by atoms with van der Waals surface area (Å²) in [5.41, 5.74) is 1.24. The van der Waals surface area contributed by atoms with Crippen LogP contribution in [0.1, 0.15) is 39.7 Å². The lowest BCUT2D eigenvalue weighted by Crippen LogP contribution is -2.50. The van der Waals surface area contributed by atoms with Crippen LogP contribution in [-0.2, 0) is 15.6 Å². The van der Waals surface area contributed by atoms with Crippen LogP contribution in [0.15, 0.2) is 30.3 Å². The molecule has 0 radical (unpaired) electrons. The third-order valence-electron chi connectivity index (χ3n) is 6.19. The number of rotatable bonds is 14. The second kappa shape index (κ2) is 12.7. The predicted octanol–water partition coefficient (Wildman–Crippen LogP) is 3.37. The number of hydrogen-bond donors (Lipinski definition) is 3. The maximum atomic E-state index is 10.9. The van der Waals surface area contributed by atoms with E-state index in [1.807, 2.05) is 25.1 Å². The number of hydrogen-bond acceptors (Lipinski definition) is 5. The van der Waals surface area contributed by atoms with E-state index in [-0.39, 0.29) is 12.0 Å². The molecule has 162 valence electrons. The highest BCUT2D eigenvalue weighted by molar-refractivity contribution is 6.73. The standard InChI is InChI=1S/C22H40O5Si/c1-6-28(7-2,8-3)27-20(15-14-18-12-10-9-11-13-18)17(4)21(25)22(26-5)19(24)16-23/h9-13,17,19-25H,6-8,14-16H2,1-5H3/t17-,19?,20+,21+,22-/m0/s1. The minimum atomic E-state index is -1.87. The highest BCUT2D eigenvalue weighted by Crippen LogP contribution is 2.30. The molecule has 0 fully saturated rings. The molecule has 28 heavy (non-hydrogen) atoms. The van der Waals surface area contributed by atoms with Crippen molar-refractivity contribution in [3.8, 4) is 0 Å². The molecule has 0 saturated heterocycles. The molecule has 5 atom stereocenters. The lowest BCUT2D eigenvalue weighted by Gasteiger charge is -2.39. The lowest BCUT2D eigenvalue weighted by molar-refractivity contribution is -0.123. The lowest BCUT2D eigenvalue weighted by atomic mass is 9.89. The zero-order valence-electron chi connectivity index (χ0n) is 18.2. The van der Waals surface area contributed by atoms with Crippen molar-refractivity contribution in [1.82, 2.24) is 0 Å². The smallest absolute Gasteiger partial charge is 0.192 e. The molecule has 0 aliphatic heterocycles. The Morgan fingerprint density at radius 1 is 1.00 bits per heavy atom. The molecule has 0 aromatic heterocycles. The Balaban J connectivity index is 3.02. The number of benzene rings is 1. The van der Waals surface area contributed by atoms with Gasteiger partial charge in [0.1, 0.15) is 12.2 Å². The summed E-state index contributed by atoms with van der Waals surface area (Å²) in [5.74, 6) is -0.230. The van der Waals surface area contributed by atoms with E-state index in [9.17, 15) is 15.3 Å². The van der Waals surface area contributed by atoms with Gasteiger partial charge in [0.2, 0.25) is 0 Å². The van der Waals surface area contributed by atoms with E-state index in [0.29, 0.717) is 0 Å². The molecular weight excluding hydrogens is 372 g/mol. The largest absolute Gasteiger partial charge is 0.414 e. The maximum Gasteiger partial charge on any atom is 0.192 e. The fourth-order valence-electron chi connectivity index (χ4n) is 3.85. The Bertz CT molecular complexity index is 515. The minimum absolute atomic E-state index is 0.134. The van der Waals surface area contributed by atoms with Crippen LogP contribution in [0.3, 0.4) is 0 Å². The van der Waals surface area contributed by atoms with E-state index in [4.69, 9.17) is 9.16 Å². The molecule has 0 amide bonds. The zero-order chi connectivity index (χ0) is 21.2. The summed E-state index contributed by atoms with van der Waals surface area (Å²) in [4.78, 5) is 0. The van der Waals surface area contributed by atoms with Crippen molar-refractivity contribution in [3.63, 3.8) is 0 Å². The molecule has 0 spiro atoms. The third-order valence-corrected chi connectivity index (χ3v) is 10.9. The summed E-state index contributed by atoms with van der Waals surface area (Å²) in [6, 6.07) is 13.4. The summed E-state index contributed by atoms with van der Waals surface area (Å²) in [6.45, 7) is 8.10. The number of aryl methyl sites for hydroxylation is 1. The van der Waals surface area contributed by atoms with Crippen molar-refractivity contribution in [2.24, 2.45) is 5.92 Å². The van der Waals surface area contributed by atoms with Gasteiger partial charge < -0.3 is 24.5 Å². The second-order valence-corrected chi connectivity index (χ2v) is 12.4. The Kier molecular flexibility index (Phi) is 11.5. The van der Waals surface area contributed by atoms with Gasteiger partial charge in [-0.05, 0) is 36.5 Å². The van der Waals surface area contributed by atoms with Crippen molar-refractivity contribution >= 4 is 8.32 Å². The Morgan fingerprint density at radius 3 is 2.04 bits per heavy atom. The van der Waals surface area contributed by atoms with E-state index in [2.05, 4.69) is 32.9 Å². The number of aliphatic hydroxyl groups excluding tert-OH is 3. The molecule has 3 N–H and O–H groups in total. The first-order valence-electron chi connectivity index (χ1n) is 10.6. The maximum absolute atomic E-state index is 10.9. The fraction of sp³-hybridized carbons (Fsp3) is 0.727. The van der Waals surface area contributed by atoms with Crippen molar-refractivity contribution < 1.29 is 24.5 Å². The minimum Gasteiger partial charge on any atom is -0.414 e. The normalized spacial score (nSPS) is 17.7. The quantitative estimate of drug-likeness (QED) is 0.408. The molecule has 1 unspecified atom stereocenters. The summed E-state index contributed by atoms with van der Waals surface area (Å²) in [6.07, 6.45) is -1.37. The van der Waals surface area contributed by atoms with Gasteiger partial charge in [0, 0.05) is 13.0 Å². The topological polar surface area (TPSA) is 79.2 Å². The van der Waals surface area contributed by atoms with Crippen LogP contribution in [0.4, 0.5) is 0 Å². The molecule has 0 heterocycles. The van der Waals surface area contributed by atoms with E-state index < -0.39 is 33.2 Å². The van der Waals surface area contributed by atoms with Crippen molar-refractivity contribution in [2.75, 3.05) is 13.7 Å². The van der Waals surface area contributed by atoms with E-state index in [1.165, 1.54) is 12.7 Å². The van der Waals surface area contributed by atoms with Gasteiger partial charge in [0.15, 0.2) is 8.32 Å². The molecule has 0 saturated carbocycles. The number of methoxy groups -OCH3 is 1. The van der Waals surface area contributed by atoms with Crippen LogP contribution in [0.25, 0.3) is 0 Å². The van der Waals surface area contributed by atoms with Crippen LogP contribution >= 0.6 is 0 Å². The molecule has 6 heteroatoms. The SMILES string of the molecule is CC[Si](CC)(CC)O[C@H](CCc1ccccc1)[C@H](C)[C@@H](O)[C@@H](OC)C(O)CO. The molecular formula is C22H40O5Si. The molecule has 1 aromatic carbocycles.